The van der Waals surface area contributed by atoms with Crippen LogP contribution in [0.25, 0.3) is 0 Å². The number of nitrogens with zero attached hydrogens (tertiary/aromatic N) is 3. The fraction of sp³-hybridized carbons (Fsp3) is 0.400. The van der Waals surface area contributed by atoms with E-state index in [2.05, 4.69) is 22.0 Å². The molecule has 7 heteroatoms. The molecule has 1 aromatic carbocycles. The molecule has 22 heavy (non-hydrogen) atoms. The van der Waals surface area contributed by atoms with Crippen molar-refractivity contribution < 1.29 is 13.2 Å². The molecule has 1 saturated heterocycles. The predicted octanol–water partition coefficient (Wildman–Crippen LogP) is 3.80. The number of piperazine rings is 1. The summed E-state index contributed by atoms with van der Waals surface area (Å²) in [5.41, 5.74) is 2.37. The molecule has 0 bridgehead atoms. The van der Waals surface area contributed by atoms with Crippen molar-refractivity contribution in [2.75, 3.05) is 36.0 Å². The van der Waals surface area contributed by atoms with Gasteiger partial charge in [0, 0.05) is 31.9 Å². The highest BCUT2D eigenvalue weighted by Gasteiger charge is 2.34. The molecule has 0 spiro atoms. The van der Waals surface area contributed by atoms with Gasteiger partial charge in [0.15, 0.2) is 5.13 Å². The minimum Gasteiger partial charge on any atom is -0.368 e. The van der Waals surface area contributed by atoms with Gasteiger partial charge in [-0.2, -0.15) is 13.2 Å². The lowest BCUT2D eigenvalue weighted by Gasteiger charge is -2.36. The molecule has 1 aliphatic heterocycles. The third-order valence-corrected chi connectivity index (χ3v) is 4.79. The smallest absolute Gasteiger partial charge is 0.368 e. The molecule has 0 saturated carbocycles. The van der Waals surface area contributed by atoms with Gasteiger partial charge >= 0.3 is 6.18 Å². The Morgan fingerprint density at radius 1 is 1.09 bits per heavy atom. The van der Waals surface area contributed by atoms with Crippen LogP contribution in [0.15, 0.2) is 30.5 Å². The summed E-state index contributed by atoms with van der Waals surface area (Å²) in [7, 11) is 0. The fourth-order valence-electron chi connectivity index (χ4n) is 2.52. The van der Waals surface area contributed by atoms with Crippen LogP contribution in [0.5, 0.6) is 0 Å². The Hall–Kier alpha value is -1.76. The van der Waals surface area contributed by atoms with Gasteiger partial charge in [0.1, 0.15) is 4.88 Å². The van der Waals surface area contributed by atoms with Gasteiger partial charge < -0.3 is 9.80 Å². The predicted molar refractivity (Wildman–Crippen MR) is 82.7 cm³/mol. The number of alkyl halides is 3. The molecule has 0 aliphatic carbocycles. The number of anilines is 2. The van der Waals surface area contributed by atoms with E-state index in [1.54, 1.807) is 0 Å². The maximum absolute atomic E-state index is 12.6. The first kappa shape index (κ1) is 15.1. The van der Waals surface area contributed by atoms with E-state index < -0.39 is 11.1 Å². The van der Waals surface area contributed by atoms with Crippen molar-refractivity contribution in [3.63, 3.8) is 0 Å². The summed E-state index contributed by atoms with van der Waals surface area (Å²) in [5.74, 6) is 0. The summed E-state index contributed by atoms with van der Waals surface area (Å²) >= 11 is 0.717. The maximum atomic E-state index is 12.6. The lowest BCUT2D eigenvalue weighted by molar-refractivity contribution is -0.134. The standard InChI is InChI=1S/C15H16F3N3S/c1-11-3-2-4-12(9-11)20-5-7-21(8-6-20)14-19-10-13(22-14)15(16,17)18/h2-4,9-10H,5-8H2,1H3. The van der Waals surface area contributed by atoms with Crippen LogP contribution in [0.2, 0.25) is 0 Å². The number of thiazole rings is 1. The topological polar surface area (TPSA) is 19.4 Å². The van der Waals surface area contributed by atoms with E-state index in [1.165, 1.54) is 5.56 Å². The number of benzene rings is 1. The fourth-order valence-corrected chi connectivity index (χ4v) is 3.36. The van der Waals surface area contributed by atoms with Crippen molar-refractivity contribution in [1.29, 1.82) is 0 Å². The monoisotopic (exact) mass is 327 g/mol. The molecule has 3 nitrogen and oxygen atoms in total. The molecule has 0 amide bonds. The summed E-state index contributed by atoms with van der Waals surface area (Å²) < 4.78 is 37.9. The second-order valence-corrected chi connectivity index (χ2v) is 6.33. The van der Waals surface area contributed by atoms with Crippen LogP contribution in [0.4, 0.5) is 24.0 Å². The zero-order valence-electron chi connectivity index (χ0n) is 12.1. The minimum absolute atomic E-state index is 0.455. The Morgan fingerprint density at radius 3 is 2.36 bits per heavy atom. The van der Waals surface area contributed by atoms with E-state index in [0.29, 0.717) is 18.2 Å². The van der Waals surface area contributed by atoms with Crippen molar-refractivity contribution in [3.05, 3.63) is 40.9 Å². The molecule has 1 aromatic heterocycles. The van der Waals surface area contributed by atoms with Crippen LogP contribution >= 0.6 is 11.3 Å². The highest BCUT2D eigenvalue weighted by molar-refractivity contribution is 7.15. The number of halogens is 3. The molecule has 0 radical (unpaired) electrons. The van der Waals surface area contributed by atoms with Gasteiger partial charge in [0.25, 0.3) is 0 Å². The van der Waals surface area contributed by atoms with Gasteiger partial charge in [0.2, 0.25) is 0 Å². The van der Waals surface area contributed by atoms with Gasteiger partial charge in [-0.1, -0.05) is 23.5 Å². The van der Waals surface area contributed by atoms with Crippen LogP contribution in [0.1, 0.15) is 10.4 Å². The quantitative estimate of drug-likeness (QED) is 0.836. The van der Waals surface area contributed by atoms with Crippen LogP contribution < -0.4 is 9.80 Å². The second kappa shape index (κ2) is 5.79. The van der Waals surface area contributed by atoms with E-state index in [9.17, 15) is 13.2 Å². The Kier molecular flexibility index (Phi) is 3.99. The van der Waals surface area contributed by atoms with Crippen molar-refractivity contribution in [2.24, 2.45) is 0 Å². The SMILES string of the molecule is Cc1cccc(N2CCN(c3ncc(C(F)(F)F)s3)CC2)c1. The van der Waals surface area contributed by atoms with E-state index in [4.69, 9.17) is 0 Å². The summed E-state index contributed by atoms with van der Waals surface area (Å²) in [5, 5.41) is 0.455. The summed E-state index contributed by atoms with van der Waals surface area (Å²) in [6.45, 7) is 4.97. The van der Waals surface area contributed by atoms with E-state index in [1.807, 2.05) is 24.0 Å². The number of rotatable bonds is 2. The minimum atomic E-state index is -4.31. The van der Waals surface area contributed by atoms with Crippen LogP contribution in [-0.4, -0.2) is 31.2 Å². The van der Waals surface area contributed by atoms with Gasteiger partial charge in [0.05, 0.1) is 6.20 Å². The van der Waals surface area contributed by atoms with Crippen molar-refractivity contribution >= 4 is 22.2 Å². The number of aromatic nitrogens is 1. The van der Waals surface area contributed by atoms with Crippen molar-refractivity contribution in [3.8, 4) is 0 Å². The molecule has 118 valence electrons. The Labute approximate surface area is 131 Å². The van der Waals surface area contributed by atoms with Gasteiger partial charge in [-0.3, -0.25) is 0 Å². The molecular weight excluding hydrogens is 311 g/mol. The largest absolute Gasteiger partial charge is 0.427 e. The Bertz CT molecular complexity index is 645. The lowest BCUT2D eigenvalue weighted by atomic mass is 10.2. The molecule has 3 rings (SSSR count). The second-order valence-electron chi connectivity index (χ2n) is 5.32. The highest BCUT2D eigenvalue weighted by Crippen LogP contribution is 2.36. The summed E-state index contributed by atoms with van der Waals surface area (Å²) in [4.78, 5) is 7.46. The average molecular weight is 327 g/mol. The third kappa shape index (κ3) is 3.19. The first-order valence-corrected chi connectivity index (χ1v) is 7.85. The van der Waals surface area contributed by atoms with Gasteiger partial charge in [-0.25, -0.2) is 4.98 Å². The average Bonchev–Trinajstić information content (AvgIpc) is 2.97. The van der Waals surface area contributed by atoms with Crippen LogP contribution in [0, 0.1) is 6.92 Å². The maximum Gasteiger partial charge on any atom is 0.427 e. The molecule has 2 heterocycles. The third-order valence-electron chi connectivity index (χ3n) is 3.69. The molecule has 1 fully saturated rings. The molecular formula is C15H16F3N3S. The van der Waals surface area contributed by atoms with E-state index in [0.717, 1.165) is 36.3 Å². The molecule has 1 aliphatic rings. The molecule has 0 N–H and O–H groups in total. The zero-order valence-corrected chi connectivity index (χ0v) is 12.9. The van der Waals surface area contributed by atoms with Crippen molar-refractivity contribution in [2.45, 2.75) is 13.1 Å². The first-order valence-electron chi connectivity index (χ1n) is 7.03. The summed E-state index contributed by atoms with van der Waals surface area (Å²) in [6.07, 6.45) is -3.38. The van der Waals surface area contributed by atoms with Gasteiger partial charge in [-0.15, -0.1) is 0 Å². The van der Waals surface area contributed by atoms with E-state index in [-0.39, 0.29) is 0 Å². The normalized spacial score (nSPS) is 16.2. The zero-order chi connectivity index (χ0) is 15.7. The Morgan fingerprint density at radius 2 is 1.77 bits per heavy atom. The lowest BCUT2D eigenvalue weighted by Crippen LogP contribution is -2.46. The molecule has 0 unspecified atom stereocenters. The number of hydrogen-bond donors (Lipinski definition) is 0. The Balaban J connectivity index is 1.65. The first-order chi connectivity index (χ1) is 10.4. The number of hydrogen-bond acceptors (Lipinski definition) is 4. The molecule has 0 atom stereocenters. The van der Waals surface area contributed by atoms with Crippen LogP contribution in [0.3, 0.4) is 0 Å². The van der Waals surface area contributed by atoms with Crippen LogP contribution in [-0.2, 0) is 6.18 Å². The highest BCUT2D eigenvalue weighted by atomic mass is 32.1. The van der Waals surface area contributed by atoms with E-state index >= 15 is 0 Å². The van der Waals surface area contributed by atoms with Crippen molar-refractivity contribution in [1.82, 2.24) is 4.98 Å². The summed E-state index contributed by atoms with van der Waals surface area (Å²) in [6, 6.07) is 8.26. The number of aryl methyl sites for hydroxylation is 1. The molecule has 2 aromatic rings. The van der Waals surface area contributed by atoms with Gasteiger partial charge in [-0.05, 0) is 24.6 Å².